The van der Waals surface area contributed by atoms with Crippen LogP contribution in [0.25, 0.3) is 0 Å². The van der Waals surface area contributed by atoms with Gasteiger partial charge in [0.15, 0.2) is 0 Å². The van der Waals surface area contributed by atoms with Gasteiger partial charge in [-0.3, -0.25) is 0 Å². The molecule has 0 heterocycles. The summed E-state index contributed by atoms with van der Waals surface area (Å²) in [6.07, 6.45) is 4.73. The first-order chi connectivity index (χ1) is 5.98. The molecule has 1 aliphatic rings. The minimum Gasteiger partial charge on any atom is -0.392 e. The van der Waals surface area contributed by atoms with Crippen LogP contribution in [0.2, 0.25) is 0 Å². The molecule has 0 spiro atoms. The number of aliphatic hydroxyl groups is 1. The zero-order valence-electron chi connectivity index (χ0n) is 8.71. The van der Waals surface area contributed by atoms with Gasteiger partial charge in [-0.15, -0.1) is 6.58 Å². The van der Waals surface area contributed by atoms with Gasteiger partial charge in [0.2, 0.25) is 0 Å². The van der Waals surface area contributed by atoms with Crippen LogP contribution >= 0.6 is 0 Å². The minimum atomic E-state index is -0.228. The maximum absolute atomic E-state index is 9.90. The van der Waals surface area contributed by atoms with Gasteiger partial charge in [-0.25, -0.2) is 0 Å². The summed E-state index contributed by atoms with van der Waals surface area (Å²) in [6.45, 7) is 11.9. The average molecular weight is 180 g/mol. The predicted octanol–water partition coefficient (Wildman–Crippen LogP) is 2.92. The van der Waals surface area contributed by atoms with Crippen LogP contribution < -0.4 is 0 Å². The lowest BCUT2D eigenvalue weighted by molar-refractivity contribution is 0.0418. The molecule has 0 aromatic heterocycles. The fourth-order valence-corrected chi connectivity index (χ4v) is 2.16. The smallest absolute Gasteiger partial charge is 0.0613 e. The Morgan fingerprint density at radius 3 is 2.62 bits per heavy atom. The lowest BCUT2D eigenvalue weighted by Gasteiger charge is -2.39. The van der Waals surface area contributed by atoms with Gasteiger partial charge >= 0.3 is 0 Å². The van der Waals surface area contributed by atoms with Gasteiger partial charge in [0.25, 0.3) is 0 Å². The van der Waals surface area contributed by atoms with Crippen LogP contribution in [-0.4, -0.2) is 11.2 Å². The maximum atomic E-state index is 9.90. The Morgan fingerprint density at radius 2 is 2.23 bits per heavy atom. The van der Waals surface area contributed by atoms with Crippen LogP contribution in [-0.2, 0) is 0 Å². The van der Waals surface area contributed by atoms with Crippen molar-refractivity contribution in [2.24, 2.45) is 11.3 Å². The zero-order chi connectivity index (χ0) is 10.1. The van der Waals surface area contributed by atoms with Crippen molar-refractivity contribution in [3.8, 4) is 0 Å². The largest absolute Gasteiger partial charge is 0.392 e. The first-order valence-electron chi connectivity index (χ1n) is 4.95. The molecule has 1 aliphatic carbocycles. The lowest BCUT2D eigenvalue weighted by atomic mass is 9.69. The molecule has 1 saturated carbocycles. The van der Waals surface area contributed by atoms with Gasteiger partial charge in [-0.2, -0.15) is 0 Å². The second kappa shape index (κ2) is 3.67. The zero-order valence-corrected chi connectivity index (χ0v) is 8.71. The highest BCUT2D eigenvalue weighted by Crippen LogP contribution is 2.41. The molecule has 0 radical (unpaired) electrons. The number of rotatable bonds is 2. The Bertz CT molecular complexity index is 219. The van der Waals surface area contributed by atoms with E-state index < -0.39 is 0 Å². The van der Waals surface area contributed by atoms with Gasteiger partial charge in [0.05, 0.1) is 6.10 Å². The van der Waals surface area contributed by atoms with E-state index in [1.54, 1.807) is 0 Å². The Hall–Kier alpha value is -0.560. The van der Waals surface area contributed by atoms with Crippen molar-refractivity contribution in [1.82, 2.24) is 0 Å². The maximum Gasteiger partial charge on any atom is 0.0613 e. The Labute approximate surface area is 81.2 Å². The standard InChI is InChI=1S/C12H20O/c1-5-12(4)7-6-10(9(2)3)11(13)8-12/h5,10-11,13H,1-2,6-8H2,3-4H3/t10-,11+,12-/m1/s1. The molecule has 1 heteroatoms. The first kappa shape index (κ1) is 10.5. The molecule has 0 aromatic carbocycles. The number of hydrogen-bond acceptors (Lipinski definition) is 1. The molecule has 0 bridgehead atoms. The molecule has 1 fully saturated rings. The highest BCUT2D eigenvalue weighted by Gasteiger charge is 2.34. The van der Waals surface area contributed by atoms with E-state index in [0.717, 1.165) is 24.8 Å². The van der Waals surface area contributed by atoms with Crippen LogP contribution in [0.15, 0.2) is 24.8 Å². The monoisotopic (exact) mass is 180 g/mol. The number of hydrogen-bond donors (Lipinski definition) is 1. The molecule has 1 N–H and O–H groups in total. The van der Waals surface area contributed by atoms with Crippen molar-refractivity contribution in [3.63, 3.8) is 0 Å². The number of allylic oxidation sites excluding steroid dienone is 1. The van der Waals surface area contributed by atoms with Gasteiger partial charge in [-0.1, -0.05) is 25.2 Å². The van der Waals surface area contributed by atoms with Crippen LogP contribution in [0.5, 0.6) is 0 Å². The molecule has 0 aliphatic heterocycles. The van der Waals surface area contributed by atoms with E-state index >= 15 is 0 Å². The van der Waals surface area contributed by atoms with Crippen molar-refractivity contribution < 1.29 is 5.11 Å². The SMILES string of the molecule is C=C[C@]1(C)CC[C@H](C(=C)C)[C@@H](O)C1. The summed E-state index contributed by atoms with van der Waals surface area (Å²) in [5.41, 5.74) is 1.24. The van der Waals surface area contributed by atoms with Gasteiger partial charge in [-0.05, 0) is 31.6 Å². The van der Waals surface area contributed by atoms with Crippen molar-refractivity contribution in [3.05, 3.63) is 24.8 Å². The third-order valence-corrected chi connectivity index (χ3v) is 3.29. The van der Waals surface area contributed by atoms with Gasteiger partial charge < -0.3 is 5.11 Å². The molecule has 3 atom stereocenters. The molecule has 1 nitrogen and oxygen atoms in total. The van der Waals surface area contributed by atoms with Crippen molar-refractivity contribution in [2.45, 2.75) is 39.2 Å². The summed E-state index contributed by atoms with van der Waals surface area (Å²) in [6, 6.07) is 0. The summed E-state index contributed by atoms with van der Waals surface area (Å²) in [7, 11) is 0. The molecule has 13 heavy (non-hydrogen) atoms. The number of aliphatic hydroxyl groups excluding tert-OH is 1. The van der Waals surface area contributed by atoms with E-state index in [2.05, 4.69) is 20.1 Å². The lowest BCUT2D eigenvalue weighted by Crippen LogP contribution is -2.34. The third kappa shape index (κ3) is 2.22. The topological polar surface area (TPSA) is 20.2 Å². The van der Waals surface area contributed by atoms with E-state index in [1.165, 1.54) is 0 Å². The van der Waals surface area contributed by atoms with Crippen molar-refractivity contribution in [1.29, 1.82) is 0 Å². The van der Waals surface area contributed by atoms with Crippen LogP contribution in [0.3, 0.4) is 0 Å². The third-order valence-electron chi connectivity index (χ3n) is 3.29. The van der Waals surface area contributed by atoms with Crippen LogP contribution in [0.1, 0.15) is 33.1 Å². The Balaban J connectivity index is 2.66. The summed E-state index contributed by atoms with van der Waals surface area (Å²) < 4.78 is 0. The fourth-order valence-electron chi connectivity index (χ4n) is 2.16. The molecule has 74 valence electrons. The average Bonchev–Trinajstić information content (AvgIpc) is 2.03. The molecule has 0 saturated heterocycles. The van der Waals surface area contributed by atoms with E-state index in [0.29, 0.717) is 5.92 Å². The first-order valence-corrected chi connectivity index (χ1v) is 4.95. The Kier molecular flexibility index (Phi) is 2.97. The second-order valence-electron chi connectivity index (χ2n) is 4.62. The summed E-state index contributed by atoms with van der Waals surface area (Å²) in [5.74, 6) is 0.299. The van der Waals surface area contributed by atoms with E-state index in [1.807, 2.05) is 13.0 Å². The molecular formula is C12H20O. The van der Waals surface area contributed by atoms with Gasteiger partial charge in [0.1, 0.15) is 0 Å². The Morgan fingerprint density at radius 1 is 1.62 bits per heavy atom. The van der Waals surface area contributed by atoms with Crippen molar-refractivity contribution in [2.75, 3.05) is 0 Å². The highest BCUT2D eigenvalue weighted by atomic mass is 16.3. The van der Waals surface area contributed by atoms with Crippen molar-refractivity contribution >= 4 is 0 Å². The van der Waals surface area contributed by atoms with Crippen LogP contribution in [0.4, 0.5) is 0 Å². The highest BCUT2D eigenvalue weighted by molar-refractivity contribution is 5.06. The molecule has 0 aromatic rings. The van der Waals surface area contributed by atoms with E-state index in [-0.39, 0.29) is 11.5 Å². The van der Waals surface area contributed by atoms with Crippen LogP contribution in [0, 0.1) is 11.3 Å². The predicted molar refractivity (Wildman–Crippen MR) is 56.5 cm³/mol. The van der Waals surface area contributed by atoms with E-state index in [9.17, 15) is 5.11 Å². The summed E-state index contributed by atoms with van der Waals surface area (Å²) in [5, 5.41) is 9.90. The second-order valence-corrected chi connectivity index (χ2v) is 4.62. The molecular weight excluding hydrogens is 160 g/mol. The summed E-state index contributed by atoms with van der Waals surface area (Å²) in [4.78, 5) is 0. The summed E-state index contributed by atoms with van der Waals surface area (Å²) >= 11 is 0. The molecule has 1 rings (SSSR count). The molecule has 0 unspecified atom stereocenters. The normalized spacial score (nSPS) is 39.9. The molecule has 0 amide bonds. The minimum absolute atomic E-state index is 0.130. The van der Waals surface area contributed by atoms with Gasteiger partial charge in [0, 0.05) is 5.92 Å². The fraction of sp³-hybridized carbons (Fsp3) is 0.667. The van der Waals surface area contributed by atoms with E-state index in [4.69, 9.17) is 0 Å². The quantitative estimate of drug-likeness (QED) is 0.648.